The monoisotopic (exact) mass is 529 g/mol. The van der Waals surface area contributed by atoms with Crippen LogP contribution in [0.25, 0.3) is 0 Å². The number of phenols is 1. The Kier molecular flexibility index (Phi) is 8.33. The minimum Gasteiger partial charge on any atom is -0.507 e. The third kappa shape index (κ3) is 7.22. The zero-order chi connectivity index (χ0) is 28.0. The van der Waals surface area contributed by atoms with Crippen molar-refractivity contribution in [1.82, 2.24) is 0 Å². The molecule has 0 unspecified atom stereocenters. The van der Waals surface area contributed by atoms with Crippen LogP contribution in [0.4, 0.5) is 48.3 Å². The van der Waals surface area contributed by atoms with E-state index in [0.717, 1.165) is 0 Å². The Balaban J connectivity index is 3.65. The summed E-state index contributed by atoms with van der Waals surface area (Å²) in [6, 6.07) is 2.71. The minimum atomic E-state index is -6.74. The molecule has 35 heavy (non-hydrogen) atoms. The lowest BCUT2D eigenvalue weighted by molar-refractivity contribution is -0.280. The third-order valence-corrected chi connectivity index (χ3v) is 5.07. The highest BCUT2D eigenvalue weighted by Crippen LogP contribution is 2.48. The maximum atomic E-state index is 13.8. The largest absolute Gasteiger partial charge is 0.507 e. The van der Waals surface area contributed by atoms with Gasteiger partial charge >= 0.3 is 24.5 Å². The molecular formula is C22H26F11NO. The van der Waals surface area contributed by atoms with E-state index in [1.54, 1.807) is 41.5 Å². The van der Waals surface area contributed by atoms with Crippen molar-refractivity contribution in [3.05, 3.63) is 28.8 Å². The molecule has 0 fully saturated rings. The van der Waals surface area contributed by atoms with Gasteiger partial charge in [0.05, 0.1) is 0 Å². The summed E-state index contributed by atoms with van der Waals surface area (Å²) in [4.78, 5) is 2.54. The van der Waals surface area contributed by atoms with Gasteiger partial charge in [-0.2, -0.15) is 48.3 Å². The predicted molar refractivity (Wildman–Crippen MR) is 108 cm³/mol. The Morgan fingerprint density at radius 3 is 1.40 bits per heavy atom. The van der Waals surface area contributed by atoms with Gasteiger partial charge in [-0.3, -0.25) is 4.99 Å². The molecule has 0 atom stereocenters. The summed E-state index contributed by atoms with van der Waals surface area (Å²) < 4.78 is 144. The quantitative estimate of drug-likeness (QED) is 0.305. The Hall–Kier alpha value is -2.08. The number of hydrogen-bond acceptors (Lipinski definition) is 2. The zero-order valence-corrected chi connectivity index (χ0v) is 19.7. The molecule has 0 aromatic heterocycles. The number of benzene rings is 1. The van der Waals surface area contributed by atoms with Gasteiger partial charge in [-0.25, -0.2) is 0 Å². The van der Waals surface area contributed by atoms with Crippen molar-refractivity contribution in [2.75, 3.05) is 6.54 Å². The molecule has 0 saturated heterocycles. The number of phenolic OH excluding ortho intramolecular Hbond substituents is 1. The average Bonchev–Trinajstić information content (AvgIpc) is 2.56. The highest BCUT2D eigenvalue weighted by molar-refractivity contribution is 5.95. The lowest BCUT2D eigenvalue weighted by atomic mass is 9.78. The lowest BCUT2D eigenvalue weighted by Crippen LogP contribution is -2.55. The van der Waals surface area contributed by atoms with Crippen LogP contribution in [-0.2, 0) is 17.3 Å². The van der Waals surface area contributed by atoms with Gasteiger partial charge in [-0.15, -0.1) is 0 Å². The second-order valence-electron chi connectivity index (χ2n) is 10.1. The lowest BCUT2D eigenvalue weighted by Gasteiger charge is -2.30. The van der Waals surface area contributed by atoms with Gasteiger partial charge in [0.1, 0.15) is 11.5 Å². The SMILES string of the molecule is CC(C)(C)c1cc(CCN=C(C(C(F)(F)F)C(F)(F)F)C(F)(F)C(F)(F)F)cc(C(C)(C)C)c1O. The molecule has 0 aliphatic carbocycles. The Bertz CT molecular complexity index is 878. The van der Waals surface area contributed by atoms with Crippen molar-refractivity contribution in [2.45, 2.75) is 83.2 Å². The summed E-state index contributed by atoms with van der Waals surface area (Å²) in [5, 5.41) is 10.6. The van der Waals surface area contributed by atoms with E-state index in [2.05, 4.69) is 4.99 Å². The number of alkyl halides is 11. The third-order valence-electron chi connectivity index (χ3n) is 5.07. The summed E-state index contributed by atoms with van der Waals surface area (Å²) >= 11 is 0. The van der Waals surface area contributed by atoms with Crippen molar-refractivity contribution in [3.8, 4) is 5.75 Å². The molecule has 1 aromatic rings. The first-order valence-electron chi connectivity index (χ1n) is 10.2. The van der Waals surface area contributed by atoms with Gasteiger partial charge < -0.3 is 5.11 Å². The molecule has 1 rings (SSSR count). The van der Waals surface area contributed by atoms with E-state index < -0.39 is 59.9 Å². The molecule has 0 amide bonds. The van der Waals surface area contributed by atoms with Crippen LogP contribution in [-0.4, -0.2) is 41.8 Å². The first kappa shape index (κ1) is 31.0. The molecule has 0 saturated carbocycles. The fourth-order valence-electron chi connectivity index (χ4n) is 3.30. The molecule has 0 heterocycles. The van der Waals surface area contributed by atoms with Crippen LogP contribution < -0.4 is 0 Å². The molecule has 2 nitrogen and oxygen atoms in total. The molecule has 202 valence electrons. The van der Waals surface area contributed by atoms with Crippen molar-refractivity contribution < 1.29 is 53.4 Å². The van der Waals surface area contributed by atoms with Crippen LogP contribution in [0.2, 0.25) is 0 Å². The first-order chi connectivity index (χ1) is 15.2. The van der Waals surface area contributed by atoms with E-state index in [-0.39, 0.29) is 11.3 Å². The second-order valence-corrected chi connectivity index (χ2v) is 10.1. The number of aliphatic imine (C=N–C) groups is 1. The van der Waals surface area contributed by atoms with E-state index in [4.69, 9.17) is 0 Å². The highest BCUT2D eigenvalue weighted by atomic mass is 19.4. The van der Waals surface area contributed by atoms with Gasteiger partial charge in [-0.05, 0) is 33.9 Å². The van der Waals surface area contributed by atoms with Crippen molar-refractivity contribution >= 4 is 5.71 Å². The normalized spacial score (nSPS) is 15.2. The highest BCUT2D eigenvalue weighted by Gasteiger charge is 2.71. The smallest absolute Gasteiger partial charge is 0.459 e. The molecule has 0 aliphatic rings. The van der Waals surface area contributed by atoms with Crippen LogP contribution in [0.3, 0.4) is 0 Å². The van der Waals surface area contributed by atoms with Crippen molar-refractivity contribution in [3.63, 3.8) is 0 Å². The Morgan fingerprint density at radius 2 is 1.11 bits per heavy atom. The summed E-state index contributed by atoms with van der Waals surface area (Å²) in [5.41, 5.74) is -3.88. The number of rotatable bonds is 5. The van der Waals surface area contributed by atoms with Crippen LogP contribution in [0.1, 0.15) is 58.2 Å². The van der Waals surface area contributed by atoms with Crippen LogP contribution >= 0.6 is 0 Å². The Morgan fingerprint density at radius 1 is 0.743 bits per heavy atom. The average molecular weight is 529 g/mol. The Labute approximate surface area is 195 Å². The summed E-state index contributed by atoms with van der Waals surface area (Å²) in [6.07, 6.45) is -20.3. The summed E-state index contributed by atoms with van der Waals surface area (Å²) in [7, 11) is 0. The standard InChI is InChI=1S/C22H26F11NO/c1-17(2,3)12-9-11(10-13(14(12)35)18(4,5)6)7-8-34-16(19(23,24)22(31,32)33)15(20(25,26)27)21(28,29)30/h9-10,15,35H,7-8H2,1-6H3. The number of hydrogen-bond donors (Lipinski definition) is 1. The number of nitrogens with zero attached hydrogens (tertiary/aromatic N) is 1. The predicted octanol–water partition coefficient (Wildman–Crippen LogP) is 7.91. The van der Waals surface area contributed by atoms with Crippen LogP contribution in [0.15, 0.2) is 17.1 Å². The number of halogens is 11. The van der Waals surface area contributed by atoms with Gasteiger partial charge in [-0.1, -0.05) is 53.7 Å². The van der Waals surface area contributed by atoms with Gasteiger partial charge in [0.15, 0.2) is 5.92 Å². The van der Waals surface area contributed by atoms with Gasteiger partial charge in [0.25, 0.3) is 0 Å². The first-order valence-corrected chi connectivity index (χ1v) is 10.2. The van der Waals surface area contributed by atoms with E-state index >= 15 is 0 Å². The topological polar surface area (TPSA) is 32.6 Å². The van der Waals surface area contributed by atoms with Gasteiger partial charge in [0, 0.05) is 6.54 Å². The molecular weight excluding hydrogens is 503 g/mol. The summed E-state index contributed by atoms with van der Waals surface area (Å²) in [5.74, 6) is -11.7. The van der Waals surface area contributed by atoms with E-state index in [1.165, 1.54) is 12.1 Å². The molecule has 13 heteroatoms. The molecule has 0 bridgehead atoms. The van der Waals surface area contributed by atoms with E-state index in [9.17, 15) is 53.4 Å². The fourth-order valence-corrected chi connectivity index (χ4v) is 3.30. The second kappa shape index (κ2) is 9.42. The van der Waals surface area contributed by atoms with E-state index in [0.29, 0.717) is 11.1 Å². The molecule has 0 aliphatic heterocycles. The van der Waals surface area contributed by atoms with Gasteiger partial charge in [0.2, 0.25) is 0 Å². The number of aromatic hydroxyl groups is 1. The molecule has 0 spiro atoms. The van der Waals surface area contributed by atoms with Crippen LogP contribution in [0.5, 0.6) is 5.75 Å². The fraction of sp³-hybridized carbons (Fsp3) is 0.682. The van der Waals surface area contributed by atoms with Crippen molar-refractivity contribution in [1.29, 1.82) is 0 Å². The maximum absolute atomic E-state index is 13.8. The molecule has 1 aromatic carbocycles. The molecule has 0 radical (unpaired) electrons. The van der Waals surface area contributed by atoms with E-state index in [1.807, 2.05) is 0 Å². The summed E-state index contributed by atoms with van der Waals surface area (Å²) in [6.45, 7) is 9.00. The van der Waals surface area contributed by atoms with Crippen LogP contribution in [0, 0.1) is 5.92 Å². The molecule has 1 N–H and O–H groups in total. The minimum absolute atomic E-state index is 0.115. The maximum Gasteiger partial charge on any atom is 0.459 e. The zero-order valence-electron chi connectivity index (χ0n) is 19.7. The van der Waals surface area contributed by atoms with Crippen molar-refractivity contribution in [2.24, 2.45) is 10.9 Å².